The summed E-state index contributed by atoms with van der Waals surface area (Å²) in [5, 5.41) is 8.51. The molecule has 0 N–H and O–H groups in total. The van der Waals surface area contributed by atoms with Crippen LogP contribution in [0.1, 0.15) is 44.3 Å². The molecule has 166 valence electrons. The molecule has 0 bridgehead atoms. The van der Waals surface area contributed by atoms with Crippen LogP contribution in [0.3, 0.4) is 0 Å². The lowest BCUT2D eigenvalue weighted by Crippen LogP contribution is -2.38. The summed E-state index contributed by atoms with van der Waals surface area (Å²) in [6.07, 6.45) is 8.15. The molecule has 1 aliphatic heterocycles. The van der Waals surface area contributed by atoms with Gasteiger partial charge in [0, 0.05) is 24.0 Å². The molecule has 5 rings (SSSR count). The van der Waals surface area contributed by atoms with Crippen LogP contribution in [0.15, 0.2) is 52.0 Å². The second kappa shape index (κ2) is 8.66. The summed E-state index contributed by atoms with van der Waals surface area (Å²) in [7, 11) is 0. The Kier molecular flexibility index (Phi) is 5.57. The zero-order valence-electron chi connectivity index (χ0n) is 17.9. The standard InChI is InChI=1S/C23H25FN6O2/c1-2-18-5-3-4-10-28(18)15-22-25-21(27-32-22)14-29-11-12-30-20(23(29)31)13-19(26-30)16-6-8-17(24)9-7-16/h6-9,11-13,18H,2-5,10,14-15H2,1H3/t18-/m0/s1. The zero-order valence-corrected chi connectivity index (χ0v) is 17.9. The molecule has 1 fully saturated rings. The molecule has 4 aromatic rings. The van der Waals surface area contributed by atoms with E-state index in [0.717, 1.165) is 18.5 Å². The summed E-state index contributed by atoms with van der Waals surface area (Å²) in [4.78, 5) is 19.9. The zero-order chi connectivity index (χ0) is 22.1. The van der Waals surface area contributed by atoms with E-state index in [1.807, 2.05) is 0 Å². The van der Waals surface area contributed by atoms with E-state index in [1.54, 1.807) is 30.6 Å². The minimum Gasteiger partial charge on any atom is -0.338 e. The normalized spacial score (nSPS) is 17.2. The number of fused-ring (bicyclic) bond motifs is 1. The Morgan fingerprint density at radius 1 is 1.16 bits per heavy atom. The molecule has 0 amide bonds. The van der Waals surface area contributed by atoms with Crippen molar-refractivity contribution in [2.75, 3.05) is 6.54 Å². The highest BCUT2D eigenvalue weighted by Crippen LogP contribution is 2.21. The second-order valence-corrected chi connectivity index (χ2v) is 8.23. The van der Waals surface area contributed by atoms with Gasteiger partial charge in [-0.15, -0.1) is 0 Å². The molecule has 0 saturated carbocycles. The van der Waals surface area contributed by atoms with Crippen LogP contribution in [0, 0.1) is 5.82 Å². The predicted octanol–water partition coefficient (Wildman–Crippen LogP) is 3.50. The van der Waals surface area contributed by atoms with Gasteiger partial charge in [0.2, 0.25) is 5.89 Å². The number of likely N-dealkylation sites (tertiary alicyclic amines) is 1. The summed E-state index contributed by atoms with van der Waals surface area (Å²) in [5.41, 5.74) is 1.57. The van der Waals surface area contributed by atoms with Gasteiger partial charge in [-0.1, -0.05) is 18.5 Å². The summed E-state index contributed by atoms with van der Waals surface area (Å²) >= 11 is 0. The quantitative estimate of drug-likeness (QED) is 0.460. The van der Waals surface area contributed by atoms with Gasteiger partial charge in [-0.05, 0) is 56.1 Å². The molecule has 32 heavy (non-hydrogen) atoms. The molecule has 1 aromatic carbocycles. The van der Waals surface area contributed by atoms with Crippen molar-refractivity contribution >= 4 is 5.52 Å². The highest BCUT2D eigenvalue weighted by molar-refractivity contribution is 5.65. The van der Waals surface area contributed by atoms with Gasteiger partial charge in [0.05, 0.1) is 18.8 Å². The third-order valence-electron chi connectivity index (χ3n) is 6.12. The number of benzene rings is 1. The van der Waals surface area contributed by atoms with Crippen molar-refractivity contribution in [3.8, 4) is 11.3 Å². The van der Waals surface area contributed by atoms with Crippen molar-refractivity contribution in [3.05, 3.63) is 70.6 Å². The van der Waals surface area contributed by atoms with Crippen LogP contribution in [-0.2, 0) is 13.1 Å². The Labute approximate surface area is 184 Å². The molecule has 4 heterocycles. The van der Waals surface area contributed by atoms with Crippen molar-refractivity contribution in [1.82, 2.24) is 29.2 Å². The maximum Gasteiger partial charge on any atom is 0.277 e. The predicted molar refractivity (Wildman–Crippen MR) is 117 cm³/mol. The van der Waals surface area contributed by atoms with Gasteiger partial charge in [-0.3, -0.25) is 9.69 Å². The average Bonchev–Trinajstić information content (AvgIpc) is 3.44. The van der Waals surface area contributed by atoms with E-state index in [1.165, 1.54) is 40.5 Å². The Morgan fingerprint density at radius 2 is 2.00 bits per heavy atom. The molecule has 0 radical (unpaired) electrons. The van der Waals surface area contributed by atoms with Crippen LogP contribution in [0.25, 0.3) is 16.8 Å². The van der Waals surface area contributed by atoms with Gasteiger partial charge in [0.15, 0.2) is 5.82 Å². The molecule has 0 unspecified atom stereocenters. The van der Waals surface area contributed by atoms with E-state index in [9.17, 15) is 9.18 Å². The molecule has 1 atom stereocenters. The van der Waals surface area contributed by atoms with Crippen LogP contribution < -0.4 is 5.56 Å². The fourth-order valence-electron chi connectivity index (χ4n) is 4.39. The first-order valence-corrected chi connectivity index (χ1v) is 11.0. The highest BCUT2D eigenvalue weighted by atomic mass is 19.1. The third-order valence-corrected chi connectivity index (χ3v) is 6.12. The average molecular weight is 436 g/mol. The first kappa shape index (κ1) is 20.6. The Hall–Kier alpha value is -3.33. The van der Waals surface area contributed by atoms with Crippen LogP contribution in [0.2, 0.25) is 0 Å². The highest BCUT2D eigenvalue weighted by Gasteiger charge is 2.23. The van der Waals surface area contributed by atoms with Gasteiger partial charge in [-0.2, -0.15) is 10.1 Å². The van der Waals surface area contributed by atoms with Gasteiger partial charge in [0.25, 0.3) is 5.56 Å². The summed E-state index contributed by atoms with van der Waals surface area (Å²) in [6, 6.07) is 8.29. The smallest absolute Gasteiger partial charge is 0.277 e. The number of piperidine rings is 1. The van der Waals surface area contributed by atoms with Crippen LogP contribution in [0.4, 0.5) is 4.39 Å². The molecule has 1 saturated heterocycles. The number of halogens is 1. The molecule has 9 heteroatoms. The monoisotopic (exact) mass is 436 g/mol. The van der Waals surface area contributed by atoms with Crippen LogP contribution in [-0.4, -0.2) is 41.8 Å². The maximum absolute atomic E-state index is 13.2. The molecule has 3 aromatic heterocycles. The van der Waals surface area contributed by atoms with Crippen molar-refractivity contribution in [2.24, 2.45) is 0 Å². The van der Waals surface area contributed by atoms with Gasteiger partial charge in [0.1, 0.15) is 11.3 Å². The van der Waals surface area contributed by atoms with Crippen molar-refractivity contribution in [3.63, 3.8) is 0 Å². The number of hydrogen-bond donors (Lipinski definition) is 0. The fourth-order valence-corrected chi connectivity index (χ4v) is 4.39. The molecule has 8 nitrogen and oxygen atoms in total. The Morgan fingerprint density at radius 3 is 2.81 bits per heavy atom. The molecule has 0 spiro atoms. The first-order chi connectivity index (χ1) is 15.6. The van der Waals surface area contributed by atoms with E-state index in [4.69, 9.17) is 4.52 Å². The lowest BCUT2D eigenvalue weighted by atomic mass is 10.0. The van der Waals surface area contributed by atoms with Crippen LogP contribution in [0.5, 0.6) is 0 Å². The molecular formula is C23H25FN6O2. The molecule has 1 aliphatic rings. The van der Waals surface area contributed by atoms with Crippen molar-refractivity contribution in [1.29, 1.82) is 0 Å². The minimum absolute atomic E-state index is 0.207. The summed E-state index contributed by atoms with van der Waals surface area (Å²) < 4.78 is 21.7. The number of hydrogen-bond acceptors (Lipinski definition) is 6. The topological polar surface area (TPSA) is 81.5 Å². The largest absolute Gasteiger partial charge is 0.338 e. The Balaban J connectivity index is 1.35. The number of rotatable bonds is 6. The van der Waals surface area contributed by atoms with E-state index in [0.29, 0.717) is 35.5 Å². The van der Waals surface area contributed by atoms with E-state index < -0.39 is 0 Å². The molecule has 0 aliphatic carbocycles. The lowest BCUT2D eigenvalue weighted by Gasteiger charge is -2.33. The first-order valence-electron chi connectivity index (χ1n) is 11.0. The fraction of sp³-hybridized carbons (Fsp3) is 0.391. The Bertz CT molecular complexity index is 1280. The lowest BCUT2D eigenvalue weighted by molar-refractivity contribution is 0.120. The third kappa shape index (κ3) is 4.08. The van der Waals surface area contributed by atoms with Crippen molar-refractivity contribution in [2.45, 2.75) is 51.7 Å². The van der Waals surface area contributed by atoms with Gasteiger partial charge >= 0.3 is 0 Å². The van der Waals surface area contributed by atoms with E-state index in [-0.39, 0.29) is 17.9 Å². The summed E-state index contributed by atoms with van der Waals surface area (Å²) in [5.74, 6) is 0.733. The summed E-state index contributed by atoms with van der Waals surface area (Å²) in [6.45, 7) is 4.11. The number of nitrogens with zero attached hydrogens (tertiary/aromatic N) is 6. The van der Waals surface area contributed by atoms with Gasteiger partial charge < -0.3 is 9.09 Å². The van der Waals surface area contributed by atoms with Gasteiger partial charge in [-0.25, -0.2) is 8.91 Å². The van der Waals surface area contributed by atoms with Crippen LogP contribution >= 0.6 is 0 Å². The maximum atomic E-state index is 13.2. The minimum atomic E-state index is -0.315. The van der Waals surface area contributed by atoms with Crippen molar-refractivity contribution < 1.29 is 8.91 Å². The number of aromatic nitrogens is 5. The molecular weight excluding hydrogens is 411 g/mol. The van der Waals surface area contributed by atoms with E-state index >= 15 is 0 Å². The SMILES string of the molecule is CC[C@H]1CCCCN1Cc1nc(Cn2ccn3nc(-c4ccc(F)cc4)cc3c2=O)no1. The van der Waals surface area contributed by atoms with E-state index in [2.05, 4.69) is 27.1 Å². The second-order valence-electron chi connectivity index (χ2n) is 8.23.